The molecule has 1 aromatic rings. The lowest BCUT2D eigenvalue weighted by Crippen LogP contribution is -2.40. The van der Waals surface area contributed by atoms with Crippen molar-refractivity contribution < 1.29 is 19.1 Å². The zero-order chi connectivity index (χ0) is 18.6. The fourth-order valence-corrected chi connectivity index (χ4v) is 4.62. The molecule has 0 aliphatic carbocycles. The molecule has 2 bridgehead atoms. The number of esters is 1. The fourth-order valence-electron chi connectivity index (χ4n) is 4.36. The van der Waals surface area contributed by atoms with E-state index in [4.69, 9.17) is 9.47 Å². The van der Waals surface area contributed by atoms with E-state index in [1.165, 1.54) is 0 Å². The Kier molecular flexibility index (Phi) is 4.23. The molecule has 0 aromatic heterocycles. The maximum absolute atomic E-state index is 13.2. The van der Waals surface area contributed by atoms with Gasteiger partial charge in [-0.05, 0) is 38.5 Å². The molecule has 1 amide bonds. The van der Waals surface area contributed by atoms with E-state index in [0.29, 0.717) is 6.54 Å². The number of fused-ring (bicyclic) bond motifs is 1. The Hall–Kier alpha value is -1.66. The molecule has 0 saturated carbocycles. The third-order valence-corrected chi connectivity index (χ3v) is 6.10. The van der Waals surface area contributed by atoms with Gasteiger partial charge in [0.1, 0.15) is 11.5 Å². The van der Waals surface area contributed by atoms with Gasteiger partial charge in [-0.25, -0.2) is 0 Å². The Labute approximate surface area is 161 Å². The standard InChI is InChI=1S/C20H22BrNO4/c1-11(2)25-19(24)16-15-8-9-20(26-15)10-22(18(23)17(16)20)12(3)13-4-6-14(21)7-5-13/h4-9,11-12,15-17H,10H2,1-3H3/t12-,15-,16+,17+,20-/m1/s1. The van der Waals surface area contributed by atoms with Gasteiger partial charge in [0.15, 0.2) is 0 Å². The minimum Gasteiger partial charge on any atom is -0.463 e. The quantitative estimate of drug-likeness (QED) is 0.555. The van der Waals surface area contributed by atoms with Crippen molar-refractivity contribution in [3.63, 3.8) is 0 Å². The van der Waals surface area contributed by atoms with Crippen LogP contribution in [0.4, 0.5) is 0 Å². The van der Waals surface area contributed by atoms with E-state index in [0.717, 1.165) is 10.0 Å². The fraction of sp³-hybridized carbons (Fsp3) is 0.500. The second-order valence-corrected chi connectivity index (χ2v) is 8.49. The minimum absolute atomic E-state index is 0.0297. The Morgan fingerprint density at radius 3 is 2.65 bits per heavy atom. The van der Waals surface area contributed by atoms with Gasteiger partial charge in [0.2, 0.25) is 5.91 Å². The summed E-state index contributed by atoms with van der Waals surface area (Å²) in [6.07, 6.45) is 3.30. The minimum atomic E-state index is -0.702. The molecule has 1 aromatic carbocycles. The van der Waals surface area contributed by atoms with E-state index in [1.807, 2.05) is 62.1 Å². The van der Waals surface area contributed by atoms with Crippen LogP contribution in [0.1, 0.15) is 32.4 Å². The first-order valence-electron chi connectivity index (χ1n) is 8.96. The smallest absolute Gasteiger partial charge is 0.313 e. The predicted octanol–water partition coefficient (Wildman–Crippen LogP) is 3.24. The van der Waals surface area contributed by atoms with Gasteiger partial charge in [0, 0.05) is 4.47 Å². The second kappa shape index (κ2) is 6.20. The largest absolute Gasteiger partial charge is 0.463 e. The molecule has 26 heavy (non-hydrogen) atoms. The van der Waals surface area contributed by atoms with E-state index in [-0.39, 0.29) is 30.1 Å². The summed E-state index contributed by atoms with van der Waals surface area (Å²) in [5.74, 6) is -1.43. The zero-order valence-electron chi connectivity index (χ0n) is 15.0. The molecule has 5 nitrogen and oxygen atoms in total. The van der Waals surface area contributed by atoms with Gasteiger partial charge in [-0.3, -0.25) is 9.59 Å². The molecular formula is C20H22BrNO4. The molecule has 3 aliphatic rings. The van der Waals surface area contributed by atoms with Crippen LogP contribution in [0.15, 0.2) is 40.9 Å². The molecule has 2 saturated heterocycles. The number of hydrogen-bond acceptors (Lipinski definition) is 4. The molecule has 0 unspecified atom stereocenters. The van der Waals surface area contributed by atoms with Gasteiger partial charge in [0.25, 0.3) is 0 Å². The van der Waals surface area contributed by atoms with Crippen LogP contribution in [0.3, 0.4) is 0 Å². The van der Waals surface area contributed by atoms with Gasteiger partial charge >= 0.3 is 5.97 Å². The number of benzene rings is 1. The van der Waals surface area contributed by atoms with Crippen LogP contribution in [0, 0.1) is 11.8 Å². The summed E-state index contributed by atoms with van der Waals surface area (Å²) in [7, 11) is 0. The number of ether oxygens (including phenoxy) is 2. The number of carbonyl (C=O) groups excluding carboxylic acids is 2. The Bertz CT molecular complexity index is 775. The average molecular weight is 420 g/mol. The monoisotopic (exact) mass is 419 g/mol. The topological polar surface area (TPSA) is 55.8 Å². The van der Waals surface area contributed by atoms with E-state index >= 15 is 0 Å². The summed E-state index contributed by atoms with van der Waals surface area (Å²) in [6, 6.07) is 7.86. The highest BCUT2D eigenvalue weighted by molar-refractivity contribution is 9.10. The second-order valence-electron chi connectivity index (χ2n) is 7.58. The van der Waals surface area contributed by atoms with Crippen molar-refractivity contribution in [2.24, 2.45) is 11.8 Å². The third kappa shape index (κ3) is 2.62. The van der Waals surface area contributed by atoms with Crippen molar-refractivity contribution in [2.75, 3.05) is 6.54 Å². The molecule has 2 fully saturated rings. The number of hydrogen-bond donors (Lipinski definition) is 0. The SMILES string of the molecule is CC(C)OC(=O)[C@@H]1[C@H]2C(=O)N([C@H](C)c3ccc(Br)cc3)C[C@]23C=C[C@H]1O3. The van der Waals surface area contributed by atoms with E-state index in [9.17, 15) is 9.59 Å². The maximum Gasteiger partial charge on any atom is 0.313 e. The predicted molar refractivity (Wildman–Crippen MR) is 99.2 cm³/mol. The van der Waals surface area contributed by atoms with Crippen LogP contribution in [-0.4, -0.2) is 41.1 Å². The summed E-state index contributed by atoms with van der Waals surface area (Å²) < 4.78 is 12.5. The summed E-state index contributed by atoms with van der Waals surface area (Å²) >= 11 is 3.44. The van der Waals surface area contributed by atoms with E-state index in [1.54, 1.807) is 0 Å². The Balaban J connectivity index is 1.61. The van der Waals surface area contributed by atoms with Crippen molar-refractivity contribution in [3.8, 4) is 0 Å². The maximum atomic E-state index is 13.2. The van der Waals surface area contributed by atoms with Crippen molar-refractivity contribution in [2.45, 2.75) is 44.6 Å². The molecular weight excluding hydrogens is 398 g/mol. The lowest BCUT2D eigenvalue weighted by Gasteiger charge is -2.27. The third-order valence-electron chi connectivity index (χ3n) is 5.57. The van der Waals surface area contributed by atoms with Crippen LogP contribution in [0.25, 0.3) is 0 Å². The average Bonchev–Trinajstić information content (AvgIpc) is 3.22. The number of amides is 1. The van der Waals surface area contributed by atoms with Crippen molar-refractivity contribution >= 4 is 27.8 Å². The molecule has 138 valence electrons. The van der Waals surface area contributed by atoms with Crippen LogP contribution in [0.5, 0.6) is 0 Å². The molecule has 0 N–H and O–H groups in total. The van der Waals surface area contributed by atoms with Gasteiger partial charge in [-0.2, -0.15) is 0 Å². The highest BCUT2D eigenvalue weighted by Gasteiger charge is 2.67. The molecule has 3 aliphatic heterocycles. The zero-order valence-corrected chi connectivity index (χ0v) is 16.6. The summed E-state index contributed by atoms with van der Waals surface area (Å²) in [5, 5.41) is 0. The number of rotatable bonds is 4. The number of carbonyl (C=O) groups is 2. The molecule has 5 atom stereocenters. The van der Waals surface area contributed by atoms with Gasteiger partial charge < -0.3 is 14.4 Å². The summed E-state index contributed by atoms with van der Waals surface area (Å²) in [5.41, 5.74) is 0.351. The molecule has 6 heteroatoms. The number of likely N-dealkylation sites (tertiary alicyclic amines) is 1. The van der Waals surface area contributed by atoms with Gasteiger partial charge in [0.05, 0.1) is 30.7 Å². The lowest BCUT2D eigenvalue weighted by molar-refractivity contribution is -0.157. The Morgan fingerprint density at radius 1 is 1.31 bits per heavy atom. The van der Waals surface area contributed by atoms with Gasteiger partial charge in [-0.15, -0.1) is 0 Å². The highest BCUT2D eigenvalue weighted by Crippen LogP contribution is 2.53. The van der Waals surface area contributed by atoms with E-state index in [2.05, 4.69) is 15.9 Å². The van der Waals surface area contributed by atoms with Crippen LogP contribution >= 0.6 is 15.9 Å². The first-order chi connectivity index (χ1) is 12.3. The summed E-state index contributed by atoms with van der Waals surface area (Å²) in [4.78, 5) is 27.7. The molecule has 0 radical (unpaired) electrons. The molecule has 3 heterocycles. The van der Waals surface area contributed by atoms with Crippen LogP contribution in [0.2, 0.25) is 0 Å². The van der Waals surface area contributed by atoms with Gasteiger partial charge in [-0.1, -0.05) is 40.2 Å². The first-order valence-corrected chi connectivity index (χ1v) is 9.75. The van der Waals surface area contributed by atoms with E-state index < -0.39 is 17.4 Å². The first kappa shape index (κ1) is 17.7. The molecule has 1 spiro atoms. The van der Waals surface area contributed by atoms with Crippen LogP contribution in [-0.2, 0) is 19.1 Å². The Morgan fingerprint density at radius 2 is 2.00 bits per heavy atom. The molecule has 4 rings (SSSR count). The lowest BCUT2D eigenvalue weighted by atomic mass is 9.77. The van der Waals surface area contributed by atoms with Crippen molar-refractivity contribution in [3.05, 3.63) is 46.5 Å². The highest BCUT2D eigenvalue weighted by atomic mass is 79.9. The normalized spacial score (nSPS) is 33.0. The van der Waals surface area contributed by atoms with Crippen molar-refractivity contribution in [1.29, 1.82) is 0 Å². The van der Waals surface area contributed by atoms with Crippen molar-refractivity contribution in [1.82, 2.24) is 4.90 Å². The number of halogens is 1. The number of nitrogens with zero attached hydrogens (tertiary/aromatic N) is 1. The summed E-state index contributed by atoms with van der Waals surface area (Å²) in [6.45, 7) is 6.11. The van der Waals surface area contributed by atoms with Crippen LogP contribution < -0.4 is 0 Å².